The van der Waals surface area contributed by atoms with Crippen molar-refractivity contribution in [2.75, 3.05) is 0 Å². The van der Waals surface area contributed by atoms with Crippen molar-refractivity contribution in [1.82, 2.24) is 0 Å². The predicted molar refractivity (Wildman–Crippen MR) is 36.7 cm³/mol. The minimum absolute atomic E-state index is 0.301. The number of hydrogen-bond donors (Lipinski definition) is 0. The molecule has 0 N–H and O–H groups in total. The highest BCUT2D eigenvalue weighted by Crippen LogP contribution is 2.14. The van der Waals surface area contributed by atoms with Crippen LogP contribution < -0.4 is 0 Å². The number of aliphatic imine (C=N–C) groups is 1. The molecule has 0 spiro atoms. The van der Waals surface area contributed by atoms with E-state index in [-0.39, 0.29) is 0 Å². The van der Waals surface area contributed by atoms with Crippen LogP contribution in [0, 0.1) is 0 Å². The third-order valence-electron chi connectivity index (χ3n) is 1.67. The first-order chi connectivity index (χ1) is 4.38. The third kappa shape index (κ3) is 1.23. The monoisotopic (exact) mass is 126 g/mol. The highest BCUT2D eigenvalue weighted by atomic mass is 16.5. The van der Waals surface area contributed by atoms with E-state index in [1.54, 1.807) is 0 Å². The van der Waals surface area contributed by atoms with Gasteiger partial charge < -0.3 is 4.74 Å². The van der Waals surface area contributed by atoms with Crippen LogP contribution in [0.5, 0.6) is 0 Å². The summed E-state index contributed by atoms with van der Waals surface area (Å²) in [6.07, 6.45) is 4.95. The zero-order valence-electron chi connectivity index (χ0n) is 5.92. The molecule has 2 heteroatoms. The number of rotatable bonds is 2. The van der Waals surface area contributed by atoms with Crippen LogP contribution in [-0.2, 0) is 4.74 Å². The van der Waals surface area contributed by atoms with Crippen molar-refractivity contribution in [2.24, 2.45) is 4.99 Å². The lowest BCUT2D eigenvalue weighted by atomic mass is 10.1. The molecule has 0 saturated carbocycles. The number of ether oxygens (including phenoxy) is 1. The van der Waals surface area contributed by atoms with Crippen molar-refractivity contribution < 1.29 is 4.74 Å². The molecule has 0 amide bonds. The molecule has 1 aliphatic heterocycles. The van der Waals surface area contributed by atoms with Gasteiger partial charge in [-0.1, -0.05) is 13.8 Å². The molecule has 0 saturated heterocycles. The standard InChI is InChI=1S/C7H12NO/c1-3-6-7(4-2)9-5-8-6/h6-7H,3-4H2,1-2H3. The van der Waals surface area contributed by atoms with Crippen LogP contribution in [0.1, 0.15) is 26.7 Å². The first-order valence-corrected chi connectivity index (χ1v) is 3.49. The molecule has 0 aliphatic carbocycles. The lowest BCUT2D eigenvalue weighted by molar-refractivity contribution is 0.192. The summed E-state index contributed by atoms with van der Waals surface area (Å²) in [4.78, 5) is 4.03. The maximum atomic E-state index is 5.09. The summed E-state index contributed by atoms with van der Waals surface area (Å²) >= 11 is 0. The summed E-state index contributed by atoms with van der Waals surface area (Å²) in [6.45, 7) is 4.23. The summed E-state index contributed by atoms with van der Waals surface area (Å²) < 4.78 is 5.09. The second-order valence-electron chi connectivity index (χ2n) is 2.26. The molecule has 1 heterocycles. The van der Waals surface area contributed by atoms with E-state index in [0.717, 1.165) is 12.8 Å². The Kier molecular flexibility index (Phi) is 2.09. The Bertz CT molecular complexity index is 111. The smallest absolute Gasteiger partial charge is 0.273 e. The largest absolute Gasteiger partial charge is 0.469 e. The van der Waals surface area contributed by atoms with Crippen molar-refractivity contribution in [2.45, 2.75) is 38.8 Å². The number of nitrogens with zero attached hydrogens (tertiary/aromatic N) is 1. The van der Waals surface area contributed by atoms with E-state index < -0.39 is 0 Å². The molecule has 1 aliphatic rings. The third-order valence-corrected chi connectivity index (χ3v) is 1.67. The summed E-state index contributed by atoms with van der Waals surface area (Å²) in [5.74, 6) is 0. The molecule has 2 unspecified atom stereocenters. The second kappa shape index (κ2) is 2.85. The van der Waals surface area contributed by atoms with Gasteiger partial charge in [-0.3, -0.25) is 0 Å². The van der Waals surface area contributed by atoms with Crippen molar-refractivity contribution in [1.29, 1.82) is 0 Å². The molecule has 0 bridgehead atoms. The first kappa shape index (κ1) is 6.59. The minimum atomic E-state index is 0.301. The minimum Gasteiger partial charge on any atom is -0.469 e. The molecule has 1 radical (unpaired) electrons. The van der Waals surface area contributed by atoms with Crippen LogP contribution in [0.4, 0.5) is 0 Å². The van der Waals surface area contributed by atoms with Crippen LogP contribution in [0.25, 0.3) is 0 Å². The van der Waals surface area contributed by atoms with Gasteiger partial charge in [-0.2, -0.15) is 0 Å². The lowest BCUT2D eigenvalue weighted by Crippen LogP contribution is -2.19. The maximum Gasteiger partial charge on any atom is 0.273 e. The molecule has 2 atom stereocenters. The van der Waals surface area contributed by atoms with E-state index in [1.165, 1.54) is 0 Å². The van der Waals surface area contributed by atoms with Crippen molar-refractivity contribution in [3.63, 3.8) is 0 Å². The van der Waals surface area contributed by atoms with Gasteiger partial charge in [0, 0.05) is 0 Å². The van der Waals surface area contributed by atoms with E-state index in [2.05, 4.69) is 25.2 Å². The zero-order valence-corrected chi connectivity index (χ0v) is 5.92. The van der Waals surface area contributed by atoms with E-state index in [4.69, 9.17) is 4.74 Å². The fourth-order valence-corrected chi connectivity index (χ4v) is 1.04. The molecular formula is C7H12NO. The van der Waals surface area contributed by atoms with Crippen molar-refractivity contribution >= 4 is 6.40 Å². The van der Waals surface area contributed by atoms with E-state index in [9.17, 15) is 0 Å². The molecule has 1 rings (SSSR count). The van der Waals surface area contributed by atoms with Gasteiger partial charge >= 0.3 is 0 Å². The normalized spacial score (nSPS) is 32.7. The fraction of sp³-hybridized carbons (Fsp3) is 0.857. The molecule has 9 heavy (non-hydrogen) atoms. The van der Waals surface area contributed by atoms with Gasteiger partial charge in [0.1, 0.15) is 6.10 Å². The van der Waals surface area contributed by atoms with Gasteiger partial charge in [0.05, 0.1) is 6.04 Å². The molecule has 0 aromatic heterocycles. The Morgan fingerprint density at radius 3 is 2.67 bits per heavy atom. The average molecular weight is 126 g/mol. The summed E-state index contributed by atoms with van der Waals surface area (Å²) in [6, 6.07) is 0.370. The molecule has 51 valence electrons. The molecule has 0 fully saturated rings. The quantitative estimate of drug-likeness (QED) is 0.549. The molecule has 2 nitrogen and oxygen atoms in total. The summed E-state index contributed by atoms with van der Waals surface area (Å²) in [5.41, 5.74) is 0. The van der Waals surface area contributed by atoms with Crippen LogP contribution in [0.3, 0.4) is 0 Å². The highest BCUT2D eigenvalue weighted by molar-refractivity contribution is 5.49. The van der Waals surface area contributed by atoms with Gasteiger partial charge in [0.15, 0.2) is 0 Å². The van der Waals surface area contributed by atoms with E-state index >= 15 is 0 Å². The lowest BCUT2D eigenvalue weighted by Gasteiger charge is -2.11. The first-order valence-electron chi connectivity index (χ1n) is 3.49. The molecular weight excluding hydrogens is 114 g/mol. The van der Waals surface area contributed by atoms with Crippen LogP contribution in [-0.4, -0.2) is 18.5 Å². The Balaban J connectivity index is 2.39. The van der Waals surface area contributed by atoms with Gasteiger partial charge in [-0.05, 0) is 12.8 Å². The SMILES string of the molecule is CCC1N=[C]OC1CC. The van der Waals surface area contributed by atoms with Gasteiger partial charge in [0.25, 0.3) is 6.40 Å². The van der Waals surface area contributed by atoms with Crippen LogP contribution in [0.15, 0.2) is 4.99 Å². The summed E-state index contributed by atoms with van der Waals surface area (Å²) in [5, 5.41) is 0. The molecule has 0 aromatic rings. The van der Waals surface area contributed by atoms with E-state index in [1.807, 2.05) is 0 Å². The maximum absolute atomic E-state index is 5.09. The molecule has 0 aromatic carbocycles. The topological polar surface area (TPSA) is 21.6 Å². The van der Waals surface area contributed by atoms with Crippen LogP contribution >= 0.6 is 0 Å². The Morgan fingerprint density at radius 2 is 2.22 bits per heavy atom. The Labute approximate surface area is 55.9 Å². The van der Waals surface area contributed by atoms with Gasteiger partial charge in [0.2, 0.25) is 0 Å². The Hall–Kier alpha value is -0.530. The Morgan fingerprint density at radius 1 is 1.44 bits per heavy atom. The van der Waals surface area contributed by atoms with Gasteiger partial charge in [-0.15, -0.1) is 0 Å². The zero-order chi connectivity index (χ0) is 6.69. The van der Waals surface area contributed by atoms with E-state index in [0.29, 0.717) is 12.1 Å². The second-order valence-corrected chi connectivity index (χ2v) is 2.26. The van der Waals surface area contributed by atoms with Gasteiger partial charge in [-0.25, -0.2) is 4.99 Å². The van der Waals surface area contributed by atoms with Crippen LogP contribution in [0.2, 0.25) is 0 Å². The average Bonchev–Trinajstić information content (AvgIpc) is 2.33. The van der Waals surface area contributed by atoms with Crippen molar-refractivity contribution in [3.05, 3.63) is 0 Å². The highest BCUT2D eigenvalue weighted by Gasteiger charge is 2.22. The number of hydrogen-bond acceptors (Lipinski definition) is 2. The predicted octanol–water partition coefficient (Wildman–Crippen LogP) is 1.48. The van der Waals surface area contributed by atoms with Crippen molar-refractivity contribution in [3.8, 4) is 0 Å². The fourth-order valence-electron chi connectivity index (χ4n) is 1.04. The summed E-state index contributed by atoms with van der Waals surface area (Å²) in [7, 11) is 0.